The van der Waals surface area contributed by atoms with Gasteiger partial charge in [-0.1, -0.05) is 59.9 Å². The van der Waals surface area contributed by atoms with E-state index in [2.05, 4.69) is 4.99 Å². The average molecular weight is 599 g/mol. The lowest BCUT2D eigenvalue weighted by molar-refractivity contribution is -0.139. The number of esters is 2. The maximum absolute atomic E-state index is 13.9. The summed E-state index contributed by atoms with van der Waals surface area (Å²) in [6.07, 6.45) is 1.79. The standard InChI is InChI=1S/C33H30N2O7S/c1-5-40-32(38)29-20(2)34-33-35(30(29)24-13-16-26(42-21(3)36)27(18-24)39-4)31(37)28(43-33)17-22-11-14-25(15-12-22)41-19-23-9-7-6-8-10-23/h6-18,30H,5,19H2,1-4H3/b28-17-/t30-/m0/s1. The molecule has 0 fully saturated rings. The van der Waals surface area contributed by atoms with Gasteiger partial charge in [0.05, 0.1) is 35.6 Å². The van der Waals surface area contributed by atoms with Gasteiger partial charge >= 0.3 is 11.9 Å². The minimum Gasteiger partial charge on any atom is -0.493 e. The molecule has 0 amide bonds. The van der Waals surface area contributed by atoms with Gasteiger partial charge in [0.1, 0.15) is 12.4 Å². The second kappa shape index (κ2) is 12.9. The number of ether oxygens (including phenoxy) is 4. The van der Waals surface area contributed by atoms with Crippen molar-refractivity contribution < 1.29 is 28.5 Å². The Balaban J connectivity index is 1.54. The lowest BCUT2D eigenvalue weighted by Gasteiger charge is -2.25. The van der Waals surface area contributed by atoms with Crippen molar-refractivity contribution in [3.05, 3.63) is 120 Å². The summed E-state index contributed by atoms with van der Waals surface area (Å²) in [6.45, 7) is 5.34. The van der Waals surface area contributed by atoms with Crippen molar-refractivity contribution in [3.8, 4) is 17.2 Å². The summed E-state index contributed by atoms with van der Waals surface area (Å²) in [6, 6.07) is 21.4. The molecule has 1 atom stereocenters. The van der Waals surface area contributed by atoms with Gasteiger partial charge in [0.2, 0.25) is 0 Å². The van der Waals surface area contributed by atoms with Crippen LogP contribution in [0.5, 0.6) is 17.2 Å². The number of aromatic nitrogens is 1. The highest BCUT2D eigenvalue weighted by atomic mass is 32.1. The highest BCUT2D eigenvalue weighted by molar-refractivity contribution is 7.07. The largest absolute Gasteiger partial charge is 0.493 e. The molecule has 0 saturated heterocycles. The molecule has 10 heteroatoms. The Labute approximate surface area is 252 Å². The molecule has 1 aliphatic heterocycles. The summed E-state index contributed by atoms with van der Waals surface area (Å²) < 4.78 is 23.9. The van der Waals surface area contributed by atoms with Crippen LogP contribution in [0.15, 0.2) is 93.9 Å². The SMILES string of the molecule is CCOC(=O)C1=C(C)N=c2s/c(=C\c3ccc(OCc4ccccc4)cc3)c(=O)n2[C@H]1c1ccc(OC(C)=O)c(OC)c1. The first kappa shape index (κ1) is 29.5. The van der Waals surface area contributed by atoms with Crippen LogP contribution in [0.25, 0.3) is 6.08 Å². The van der Waals surface area contributed by atoms with Gasteiger partial charge < -0.3 is 18.9 Å². The summed E-state index contributed by atoms with van der Waals surface area (Å²) in [5.74, 6) is 0.140. The first-order valence-corrected chi connectivity index (χ1v) is 14.4. The molecule has 0 aliphatic carbocycles. The highest BCUT2D eigenvalue weighted by Gasteiger charge is 2.34. The molecule has 43 heavy (non-hydrogen) atoms. The van der Waals surface area contributed by atoms with Crippen LogP contribution < -0.4 is 29.1 Å². The number of rotatable bonds is 9. The van der Waals surface area contributed by atoms with Gasteiger partial charge in [-0.15, -0.1) is 0 Å². The van der Waals surface area contributed by atoms with E-state index in [9.17, 15) is 14.4 Å². The Kier molecular flexibility index (Phi) is 8.87. The fourth-order valence-corrected chi connectivity index (χ4v) is 5.80. The van der Waals surface area contributed by atoms with Crippen LogP contribution >= 0.6 is 11.3 Å². The van der Waals surface area contributed by atoms with Crippen LogP contribution in [-0.2, 0) is 20.9 Å². The third-order valence-electron chi connectivity index (χ3n) is 6.70. The monoisotopic (exact) mass is 598 g/mol. The van der Waals surface area contributed by atoms with Gasteiger partial charge in [-0.25, -0.2) is 9.79 Å². The second-order valence-electron chi connectivity index (χ2n) is 9.65. The Morgan fingerprint density at radius 3 is 2.44 bits per heavy atom. The molecule has 0 radical (unpaired) electrons. The molecular formula is C33H30N2O7S. The molecule has 9 nitrogen and oxygen atoms in total. The quantitative estimate of drug-likeness (QED) is 0.209. The van der Waals surface area contributed by atoms with Crippen molar-refractivity contribution in [1.82, 2.24) is 4.57 Å². The van der Waals surface area contributed by atoms with Gasteiger partial charge in [0, 0.05) is 6.92 Å². The topological polar surface area (TPSA) is 105 Å². The Morgan fingerprint density at radius 1 is 1.02 bits per heavy atom. The fourth-order valence-electron chi connectivity index (χ4n) is 4.75. The first-order chi connectivity index (χ1) is 20.8. The van der Waals surface area contributed by atoms with Crippen molar-refractivity contribution >= 4 is 29.4 Å². The molecule has 0 N–H and O–H groups in total. The van der Waals surface area contributed by atoms with E-state index < -0.39 is 18.0 Å². The van der Waals surface area contributed by atoms with Gasteiger partial charge in [-0.05, 0) is 60.9 Å². The van der Waals surface area contributed by atoms with Crippen molar-refractivity contribution in [1.29, 1.82) is 0 Å². The Hall–Kier alpha value is -4.96. The van der Waals surface area contributed by atoms with Crippen LogP contribution in [0, 0.1) is 0 Å². The predicted molar refractivity (Wildman–Crippen MR) is 162 cm³/mol. The van der Waals surface area contributed by atoms with Crippen LogP contribution in [0.2, 0.25) is 0 Å². The van der Waals surface area contributed by atoms with Crippen LogP contribution in [0.3, 0.4) is 0 Å². The minimum atomic E-state index is -0.841. The van der Waals surface area contributed by atoms with Crippen molar-refractivity contribution in [2.45, 2.75) is 33.4 Å². The van der Waals surface area contributed by atoms with E-state index in [1.165, 1.54) is 29.9 Å². The number of nitrogens with zero attached hydrogens (tertiary/aromatic N) is 2. The van der Waals surface area contributed by atoms with E-state index in [0.717, 1.165) is 11.1 Å². The number of hydrogen-bond donors (Lipinski definition) is 0. The third kappa shape index (κ3) is 6.44. The number of hydrogen-bond acceptors (Lipinski definition) is 9. The Morgan fingerprint density at radius 2 is 1.77 bits per heavy atom. The molecule has 0 bridgehead atoms. The number of carbonyl (C=O) groups excluding carboxylic acids is 2. The van der Waals surface area contributed by atoms with E-state index in [1.54, 1.807) is 38.1 Å². The van der Waals surface area contributed by atoms with Crippen molar-refractivity contribution in [2.24, 2.45) is 4.99 Å². The molecule has 2 heterocycles. The van der Waals surface area contributed by atoms with Gasteiger partial charge in [-0.3, -0.25) is 14.2 Å². The number of methoxy groups -OCH3 is 1. The smallest absolute Gasteiger partial charge is 0.338 e. The van der Waals surface area contributed by atoms with E-state index in [-0.39, 0.29) is 29.2 Å². The number of benzene rings is 3. The van der Waals surface area contributed by atoms with Crippen LogP contribution in [0.4, 0.5) is 0 Å². The molecule has 0 unspecified atom stereocenters. The summed E-state index contributed by atoms with van der Waals surface area (Å²) in [5, 5.41) is 0. The lowest BCUT2D eigenvalue weighted by Crippen LogP contribution is -2.40. The number of thiazole rings is 1. The number of carbonyl (C=O) groups is 2. The fraction of sp³-hybridized carbons (Fsp3) is 0.212. The zero-order valence-electron chi connectivity index (χ0n) is 24.2. The van der Waals surface area contributed by atoms with Gasteiger partial charge in [0.15, 0.2) is 16.3 Å². The van der Waals surface area contributed by atoms with Gasteiger partial charge in [0.25, 0.3) is 5.56 Å². The van der Waals surface area contributed by atoms with E-state index in [0.29, 0.717) is 33.0 Å². The third-order valence-corrected chi connectivity index (χ3v) is 7.68. The maximum Gasteiger partial charge on any atom is 0.338 e. The molecule has 0 saturated carbocycles. The van der Waals surface area contributed by atoms with Crippen LogP contribution in [0.1, 0.15) is 43.5 Å². The molecule has 5 rings (SSSR count). The Bertz CT molecular complexity index is 1870. The zero-order chi connectivity index (χ0) is 30.5. The maximum atomic E-state index is 13.9. The average Bonchev–Trinajstić information content (AvgIpc) is 3.30. The summed E-state index contributed by atoms with van der Waals surface area (Å²) in [7, 11) is 1.45. The predicted octanol–water partition coefficient (Wildman–Crippen LogP) is 4.31. The van der Waals surface area contributed by atoms with E-state index >= 15 is 0 Å². The van der Waals surface area contributed by atoms with Crippen molar-refractivity contribution in [3.63, 3.8) is 0 Å². The van der Waals surface area contributed by atoms with Crippen LogP contribution in [-0.4, -0.2) is 30.2 Å². The summed E-state index contributed by atoms with van der Waals surface area (Å²) in [4.78, 5) is 43.7. The molecule has 220 valence electrons. The summed E-state index contributed by atoms with van der Waals surface area (Å²) >= 11 is 1.23. The molecule has 0 spiro atoms. The highest BCUT2D eigenvalue weighted by Crippen LogP contribution is 2.36. The molecule has 4 aromatic rings. The molecule has 3 aromatic carbocycles. The van der Waals surface area contributed by atoms with E-state index in [4.69, 9.17) is 18.9 Å². The summed E-state index contributed by atoms with van der Waals surface area (Å²) in [5.41, 5.74) is 2.82. The molecule has 1 aliphatic rings. The van der Waals surface area contributed by atoms with E-state index in [1.807, 2.05) is 54.6 Å². The lowest BCUT2D eigenvalue weighted by atomic mass is 9.95. The molecule has 1 aromatic heterocycles. The van der Waals surface area contributed by atoms with Gasteiger partial charge in [-0.2, -0.15) is 0 Å². The second-order valence-corrected chi connectivity index (χ2v) is 10.7. The molecular weight excluding hydrogens is 568 g/mol. The van der Waals surface area contributed by atoms with Crippen molar-refractivity contribution in [2.75, 3.05) is 13.7 Å². The normalized spacial score (nSPS) is 14.5. The first-order valence-electron chi connectivity index (χ1n) is 13.6. The number of allylic oxidation sites excluding steroid dienone is 1. The number of fused-ring (bicyclic) bond motifs is 1. The zero-order valence-corrected chi connectivity index (χ0v) is 25.0. The minimum absolute atomic E-state index is 0.159.